The van der Waals surface area contributed by atoms with Gasteiger partial charge in [0.25, 0.3) is 0 Å². The molecular weight excluding hydrogens is 200 g/mol. The van der Waals surface area contributed by atoms with Crippen molar-refractivity contribution in [3.63, 3.8) is 0 Å². The Hall–Kier alpha value is -0.990. The second-order valence-corrected chi connectivity index (χ2v) is 4.98. The van der Waals surface area contributed by atoms with Crippen LogP contribution in [0.15, 0.2) is 11.3 Å². The third-order valence-electron chi connectivity index (χ3n) is 3.53. The van der Waals surface area contributed by atoms with E-state index >= 15 is 0 Å². The Kier molecular flexibility index (Phi) is 5.36. The molecule has 0 heterocycles. The Morgan fingerprint density at radius 1 is 1.12 bits per heavy atom. The van der Waals surface area contributed by atoms with Crippen molar-refractivity contribution in [2.75, 3.05) is 0 Å². The number of hydrogen-bond donors (Lipinski definition) is 2. The zero-order chi connectivity index (χ0) is 12.0. The summed E-state index contributed by atoms with van der Waals surface area (Å²) in [6.07, 6.45) is 8.82. The van der Waals surface area contributed by atoms with Crippen molar-refractivity contribution in [2.24, 2.45) is 17.4 Å². The van der Waals surface area contributed by atoms with Gasteiger partial charge in [0, 0.05) is 12.1 Å². The standard InChI is InChI=1S/C13H24N2O/c1-10(7-8-13(15)16)12(14)9-11-5-3-2-4-6-11/h11H,2-9,14H2,1H3,(H2,15,16)/b12-10+. The lowest BCUT2D eigenvalue weighted by atomic mass is 9.85. The summed E-state index contributed by atoms with van der Waals surface area (Å²) in [5.41, 5.74) is 13.3. The SMILES string of the molecule is C/C(CCC(N)=O)=C(\N)CC1CCCCC1. The maximum absolute atomic E-state index is 10.7. The van der Waals surface area contributed by atoms with Crippen molar-refractivity contribution in [1.29, 1.82) is 0 Å². The minimum absolute atomic E-state index is 0.246. The van der Waals surface area contributed by atoms with Crippen LogP contribution in [-0.4, -0.2) is 5.91 Å². The molecule has 1 rings (SSSR count). The van der Waals surface area contributed by atoms with Crippen LogP contribution in [0.5, 0.6) is 0 Å². The number of nitrogens with two attached hydrogens (primary N) is 2. The second-order valence-electron chi connectivity index (χ2n) is 4.98. The molecule has 0 aromatic carbocycles. The van der Waals surface area contributed by atoms with Crippen LogP contribution in [0.3, 0.4) is 0 Å². The first-order valence-electron chi connectivity index (χ1n) is 6.32. The van der Waals surface area contributed by atoms with Gasteiger partial charge in [-0.3, -0.25) is 4.79 Å². The molecule has 3 nitrogen and oxygen atoms in total. The normalized spacial score (nSPS) is 19.3. The number of carbonyl (C=O) groups excluding carboxylic acids is 1. The van der Waals surface area contributed by atoms with Crippen LogP contribution >= 0.6 is 0 Å². The number of allylic oxidation sites excluding steroid dienone is 2. The molecule has 0 radical (unpaired) electrons. The summed E-state index contributed by atoms with van der Waals surface area (Å²) in [7, 11) is 0. The summed E-state index contributed by atoms with van der Waals surface area (Å²) in [5, 5.41) is 0. The molecule has 3 heteroatoms. The van der Waals surface area contributed by atoms with Gasteiger partial charge in [-0.05, 0) is 25.7 Å². The number of primary amides is 1. The topological polar surface area (TPSA) is 69.1 Å². The van der Waals surface area contributed by atoms with E-state index in [2.05, 4.69) is 0 Å². The molecule has 0 aromatic rings. The number of amides is 1. The zero-order valence-corrected chi connectivity index (χ0v) is 10.3. The van der Waals surface area contributed by atoms with Gasteiger partial charge in [-0.15, -0.1) is 0 Å². The van der Waals surface area contributed by atoms with Crippen LogP contribution in [0.1, 0.15) is 58.3 Å². The molecule has 0 aliphatic heterocycles. The van der Waals surface area contributed by atoms with Crippen LogP contribution < -0.4 is 11.5 Å². The van der Waals surface area contributed by atoms with E-state index in [1.165, 1.54) is 32.1 Å². The van der Waals surface area contributed by atoms with Crippen LogP contribution in [0.4, 0.5) is 0 Å². The molecule has 0 spiro atoms. The predicted octanol–water partition coefficient (Wildman–Crippen LogP) is 2.46. The highest BCUT2D eigenvalue weighted by Crippen LogP contribution is 2.28. The fourth-order valence-corrected chi connectivity index (χ4v) is 2.35. The number of rotatable bonds is 5. The second kappa shape index (κ2) is 6.56. The largest absolute Gasteiger partial charge is 0.402 e. The van der Waals surface area contributed by atoms with E-state index in [1.54, 1.807) is 0 Å². The van der Waals surface area contributed by atoms with Gasteiger partial charge >= 0.3 is 0 Å². The third kappa shape index (κ3) is 4.69. The highest BCUT2D eigenvalue weighted by Gasteiger charge is 2.14. The summed E-state index contributed by atoms with van der Waals surface area (Å²) < 4.78 is 0. The van der Waals surface area contributed by atoms with Crippen molar-refractivity contribution in [3.05, 3.63) is 11.3 Å². The van der Waals surface area contributed by atoms with Crippen molar-refractivity contribution in [3.8, 4) is 0 Å². The molecule has 1 aliphatic rings. The fraction of sp³-hybridized carbons (Fsp3) is 0.769. The average Bonchev–Trinajstić information content (AvgIpc) is 2.27. The molecule has 0 unspecified atom stereocenters. The summed E-state index contributed by atoms with van der Waals surface area (Å²) in [6.45, 7) is 2.01. The quantitative estimate of drug-likeness (QED) is 0.753. The molecule has 0 aromatic heterocycles. The molecule has 0 atom stereocenters. The summed E-state index contributed by atoms with van der Waals surface area (Å²) in [6, 6.07) is 0. The van der Waals surface area contributed by atoms with Crippen LogP contribution in [0.2, 0.25) is 0 Å². The van der Waals surface area contributed by atoms with E-state index in [-0.39, 0.29) is 5.91 Å². The highest BCUT2D eigenvalue weighted by molar-refractivity contribution is 5.73. The van der Waals surface area contributed by atoms with Gasteiger partial charge in [-0.1, -0.05) is 37.7 Å². The van der Waals surface area contributed by atoms with Crippen LogP contribution in [0.25, 0.3) is 0 Å². The molecule has 0 bridgehead atoms. The number of hydrogen-bond acceptors (Lipinski definition) is 2. The van der Waals surface area contributed by atoms with Crippen LogP contribution in [0, 0.1) is 5.92 Å². The molecule has 4 N–H and O–H groups in total. The van der Waals surface area contributed by atoms with E-state index in [0.29, 0.717) is 12.8 Å². The first-order valence-corrected chi connectivity index (χ1v) is 6.32. The van der Waals surface area contributed by atoms with E-state index < -0.39 is 0 Å². The summed E-state index contributed by atoms with van der Waals surface area (Å²) >= 11 is 0. The van der Waals surface area contributed by atoms with Gasteiger partial charge in [-0.25, -0.2) is 0 Å². The molecule has 1 fully saturated rings. The maximum atomic E-state index is 10.7. The van der Waals surface area contributed by atoms with Gasteiger partial charge < -0.3 is 11.5 Å². The lowest BCUT2D eigenvalue weighted by Gasteiger charge is -2.22. The first kappa shape index (κ1) is 13.1. The van der Waals surface area contributed by atoms with Gasteiger partial charge in [0.05, 0.1) is 0 Å². The minimum atomic E-state index is -0.246. The molecule has 16 heavy (non-hydrogen) atoms. The highest BCUT2D eigenvalue weighted by atomic mass is 16.1. The Labute approximate surface area is 98.3 Å². The third-order valence-corrected chi connectivity index (χ3v) is 3.53. The first-order chi connectivity index (χ1) is 7.59. The van der Waals surface area contributed by atoms with Gasteiger partial charge in [-0.2, -0.15) is 0 Å². The van der Waals surface area contributed by atoms with Crippen molar-refractivity contribution in [1.82, 2.24) is 0 Å². The fourth-order valence-electron chi connectivity index (χ4n) is 2.35. The van der Waals surface area contributed by atoms with E-state index in [1.807, 2.05) is 6.92 Å². The van der Waals surface area contributed by atoms with Gasteiger partial charge in [0.2, 0.25) is 5.91 Å². The molecule has 1 saturated carbocycles. The van der Waals surface area contributed by atoms with Crippen molar-refractivity contribution < 1.29 is 4.79 Å². The summed E-state index contributed by atoms with van der Waals surface area (Å²) in [4.78, 5) is 10.7. The van der Waals surface area contributed by atoms with Gasteiger partial charge in [0.15, 0.2) is 0 Å². The molecule has 92 valence electrons. The molecule has 1 amide bonds. The molecule has 0 saturated heterocycles. The van der Waals surface area contributed by atoms with Crippen molar-refractivity contribution >= 4 is 5.91 Å². The van der Waals surface area contributed by atoms with Crippen LogP contribution in [-0.2, 0) is 4.79 Å². The Morgan fingerprint density at radius 2 is 1.75 bits per heavy atom. The van der Waals surface area contributed by atoms with Crippen molar-refractivity contribution in [2.45, 2.75) is 58.3 Å². The zero-order valence-electron chi connectivity index (χ0n) is 10.3. The lowest BCUT2D eigenvalue weighted by molar-refractivity contribution is -0.117. The van der Waals surface area contributed by atoms with E-state index in [9.17, 15) is 4.79 Å². The molecule has 1 aliphatic carbocycles. The Balaban J connectivity index is 2.37. The maximum Gasteiger partial charge on any atom is 0.217 e. The summed E-state index contributed by atoms with van der Waals surface area (Å²) in [5.74, 6) is 0.516. The monoisotopic (exact) mass is 224 g/mol. The smallest absolute Gasteiger partial charge is 0.217 e. The number of carbonyl (C=O) groups is 1. The minimum Gasteiger partial charge on any atom is -0.402 e. The van der Waals surface area contributed by atoms with E-state index in [4.69, 9.17) is 11.5 Å². The average molecular weight is 224 g/mol. The Morgan fingerprint density at radius 3 is 2.31 bits per heavy atom. The molecular formula is C13H24N2O. The Bertz CT molecular complexity index is 265. The van der Waals surface area contributed by atoms with Gasteiger partial charge in [0.1, 0.15) is 0 Å². The van der Waals surface area contributed by atoms with E-state index in [0.717, 1.165) is 23.6 Å². The predicted molar refractivity (Wildman–Crippen MR) is 66.5 cm³/mol. The lowest BCUT2D eigenvalue weighted by Crippen LogP contribution is -2.14.